The maximum Gasteiger partial charge on any atom is 0.222 e. The van der Waals surface area contributed by atoms with Crippen molar-refractivity contribution in [2.24, 2.45) is 4.99 Å². The summed E-state index contributed by atoms with van der Waals surface area (Å²) in [6.45, 7) is 0.945. The summed E-state index contributed by atoms with van der Waals surface area (Å²) in [6, 6.07) is 5.35. The molecule has 1 aromatic rings. The number of carbonyl (C=O) groups is 1. The molecular weight excluding hydrogens is 523 g/mol. The summed E-state index contributed by atoms with van der Waals surface area (Å²) < 4.78 is 33.6. The molecule has 1 saturated heterocycles. The number of ether oxygens (including phenoxy) is 2. The van der Waals surface area contributed by atoms with Crippen LogP contribution in [0.3, 0.4) is 0 Å². The quantitative estimate of drug-likeness (QED) is 0.281. The molecule has 0 aliphatic carbocycles. The van der Waals surface area contributed by atoms with Crippen LogP contribution in [0.4, 0.5) is 0 Å². The zero-order valence-corrected chi connectivity index (χ0v) is 21.0. The molecule has 1 unspecified atom stereocenters. The average molecular weight is 554 g/mol. The molecule has 0 spiro atoms. The van der Waals surface area contributed by atoms with Crippen LogP contribution in [0.15, 0.2) is 23.2 Å². The molecule has 0 saturated carbocycles. The number of sulfone groups is 1. The fraction of sp³-hybridized carbons (Fsp3) is 0.579. The van der Waals surface area contributed by atoms with Crippen LogP contribution in [0.1, 0.15) is 18.4 Å². The Morgan fingerprint density at radius 3 is 2.60 bits per heavy atom. The Bertz CT molecular complexity index is 847. The van der Waals surface area contributed by atoms with Gasteiger partial charge in [-0.1, -0.05) is 0 Å². The molecule has 2 N–H and O–H groups in total. The molecule has 2 rings (SSSR count). The van der Waals surface area contributed by atoms with E-state index in [-0.39, 0.29) is 53.9 Å². The number of aliphatic imine (C=N–C) groups is 1. The first-order valence-corrected chi connectivity index (χ1v) is 11.2. The maximum atomic E-state index is 12.1. The zero-order chi connectivity index (χ0) is 21.4. The van der Waals surface area contributed by atoms with Gasteiger partial charge in [-0.25, -0.2) is 8.42 Å². The number of hydrogen-bond donors (Lipinski definition) is 2. The summed E-state index contributed by atoms with van der Waals surface area (Å²) in [5.41, 5.74) is 0.971. The number of nitrogens with one attached hydrogen (secondary N) is 2. The molecular formula is C19H31IN4O5S. The predicted molar refractivity (Wildman–Crippen MR) is 128 cm³/mol. The van der Waals surface area contributed by atoms with Crippen LogP contribution in [0.2, 0.25) is 0 Å². The summed E-state index contributed by atoms with van der Waals surface area (Å²) in [5, 5.41) is 5.93. The predicted octanol–water partition coefficient (Wildman–Crippen LogP) is 1.02. The van der Waals surface area contributed by atoms with Gasteiger partial charge in [-0.2, -0.15) is 0 Å². The third-order valence-electron chi connectivity index (χ3n) is 4.71. The number of rotatable bonds is 8. The van der Waals surface area contributed by atoms with Gasteiger partial charge in [0.25, 0.3) is 0 Å². The lowest BCUT2D eigenvalue weighted by atomic mass is 10.2. The smallest absolute Gasteiger partial charge is 0.222 e. The standard InChI is InChI=1S/C19H30N4O5S.HI/c1-20-19(21-9-7-18(24)22-15-8-10-29(25,26)13-15)23(2)12-14-5-6-16(27-3)11-17(14)28-4;/h5-6,11,15H,7-10,12-13H2,1-4H3,(H,20,21)(H,22,24);1H. The molecule has 1 aromatic carbocycles. The molecule has 0 bridgehead atoms. The van der Waals surface area contributed by atoms with Crippen LogP contribution in [0, 0.1) is 0 Å². The summed E-state index contributed by atoms with van der Waals surface area (Å²) in [5.74, 6) is 2.07. The molecule has 1 aliphatic rings. The van der Waals surface area contributed by atoms with Gasteiger partial charge in [-0.3, -0.25) is 9.79 Å². The molecule has 30 heavy (non-hydrogen) atoms. The van der Waals surface area contributed by atoms with Crippen molar-refractivity contribution in [2.45, 2.75) is 25.4 Å². The van der Waals surface area contributed by atoms with E-state index in [0.717, 1.165) is 17.1 Å². The minimum Gasteiger partial charge on any atom is -0.497 e. The van der Waals surface area contributed by atoms with Crippen molar-refractivity contribution in [1.29, 1.82) is 0 Å². The van der Waals surface area contributed by atoms with E-state index in [1.165, 1.54) is 0 Å². The van der Waals surface area contributed by atoms with Gasteiger partial charge in [-0.05, 0) is 18.6 Å². The summed E-state index contributed by atoms with van der Waals surface area (Å²) >= 11 is 0. The van der Waals surface area contributed by atoms with Crippen molar-refractivity contribution in [1.82, 2.24) is 15.5 Å². The van der Waals surface area contributed by atoms with E-state index in [1.807, 2.05) is 30.1 Å². The molecule has 170 valence electrons. The Kier molecular flexibility index (Phi) is 10.7. The SMILES string of the molecule is CN=C(NCCC(=O)NC1CCS(=O)(=O)C1)N(C)Cc1ccc(OC)cc1OC.I. The fourth-order valence-electron chi connectivity index (χ4n) is 3.19. The third kappa shape index (κ3) is 7.82. The molecule has 1 amide bonds. The van der Waals surface area contributed by atoms with Gasteiger partial charge in [-0.15, -0.1) is 24.0 Å². The Labute approximate surface area is 195 Å². The third-order valence-corrected chi connectivity index (χ3v) is 6.48. The number of guanidine groups is 1. The highest BCUT2D eigenvalue weighted by Crippen LogP contribution is 2.25. The van der Waals surface area contributed by atoms with E-state index in [9.17, 15) is 13.2 Å². The number of amides is 1. The molecule has 0 aromatic heterocycles. The molecule has 1 atom stereocenters. The van der Waals surface area contributed by atoms with Crippen molar-refractivity contribution in [3.63, 3.8) is 0 Å². The van der Waals surface area contributed by atoms with E-state index in [0.29, 0.717) is 25.5 Å². The Balaban J connectivity index is 0.00000450. The van der Waals surface area contributed by atoms with E-state index >= 15 is 0 Å². The summed E-state index contributed by atoms with van der Waals surface area (Å²) in [6.07, 6.45) is 0.713. The zero-order valence-electron chi connectivity index (χ0n) is 17.8. The first kappa shape index (κ1) is 26.3. The second-order valence-corrected chi connectivity index (χ2v) is 9.15. The van der Waals surface area contributed by atoms with Crippen LogP contribution < -0.4 is 20.1 Å². The first-order chi connectivity index (χ1) is 13.8. The minimum atomic E-state index is -3.00. The molecule has 0 radical (unpaired) electrons. The molecule has 1 heterocycles. The van der Waals surface area contributed by atoms with Gasteiger partial charge in [0, 0.05) is 51.3 Å². The van der Waals surface area contributed by atoms with Gasteiger partial charge in [0.15, 0.2) is 15.8 Å². The maximum absolute atomic E-state index is 12.1. The normalized spacial score (nSPS) is 17.6. The second-order valence-electron chi connectivity index (χ2n) is 6.93. The number of nitrogens with zero attached hydrogens (tertiary/aromatic N) is 2. The lowest BCUT2D eigenvalue weighted by molar-refractivity contribution is -0.121. The number of benzene rings is 1. The number of carbonyl (C=O) groups excluding carboxylic acids is 1. The highest BCUT2D eigenvalue weighted by molar-refractivity contribution is 14.0. The lowest BCUT2D eigenvalue weighted by Crippen LogP contribution is -2.41. The number of hydrogen-bond acceptors (Lipinski definition) is 6. The Morgan fingerprint density at radius 2 is 2.03 bits per heavy atom. The van der Waals surface area contributed by atoms with E-state index < -0.39 is 9.84 Å². The topological polar surface area (TPSA) is 109 Å². The molecule has 9 nitrogen and oxygen atoms in total. The van der Waals surface area contributed by atoms with Gasteiger partial charge in [0.05, 0.1) is 25.7 Å². The average Bonchev–Trinajstić information content (AvgIpc) is 3.03. The Morgan fingerprint density at radius 1 is 1.30 bits per heavy atom. The van der Waals surface area contributed by atoms with Crippen molar-refractivity contribution in [3.05, 3.63) is 23.8 Å². The minimum absolute atomic E-state index is 0. The van der Waals surface area contributed by atoms with Crippen molar-refractivity contribution < 1.29 is 22.7 Å². The van der Waals surface area contributed by atoms with E-state index in [4.69, 9.17) is 9.47 Å². The van der Waals surface area contributed by atoms with Crippen LogP contribution in [0.25, 0.3) is 0 Å². The van der Waals surface area contributed by atoms with Crippen molar-refractivity contribution >= 4 is 45.7 Å². The van der Waals surface area contributed by atoms with Crippen molar-refractivity contribution in [3.8, 4) is 11.5 Å². The van der Waals surface area contributed by atoms with Gasteiger partial charge < -0.3 is 25.0 Å². The largest absolute Gasteiger partial charge is 0.497 e. The van der Waals surface area contributed by atoms with Crippen LogP contribution in [-0.4, -0.2) is 77.6 Å². The van der Waals surface area contributed by atoms with Crippen LogP contribution in [0.5, 0.6) is 11.5 Å². The Hall–Kier alpha value is -1.76. The summed E-state index contributed by atoms with van der Waals surface area (Å²) in [7, 11) is 3.78. The highest BCUT2D eigenvalue weighted by Gasteiger charge is 2.28. The molecule has 1 fully saturated rings. The van der Waals surface area contributed by atoms with Gasteiger partial charge in [0.2, 0.25) is 5.91 Å². The molecule has 11 heteroatoms. The summed E-state index contributed by atoms with van der Waals surface area (Å²) in [4.78, 5) is 18.2. The van der Waals surface area contributed by atoms with Crippen LogP contribution in [-0.2, 0) is 21.2 Å². The lowest BCUT2D eigenvalue weighted by Gasteiger charge is -2.23. The second kappa shape index (κ2) is 12.2. The van der Waals surface area contributed by atoms with Gasteiger partial charge in [0.1, 0.15) is 11.5 Å². The van der Waals surface area contributed by atoms with E-state index in [1.54, 1.807) is 21.3 Å². The monoisotopic (exact) mass is 554 g/mol. The van der Waals surface area contributed by atoms with Crippen molar-refractivity contribution in [2.75, 3.05) is 46.4 Å². The molecule has 1 aliphatic heterocycles. The van der Waals surface area contributed by atoms with Crippen LogP contribution >= 0.6 is 24.0 Å². The fourth-order valence-corrected chi connectivity index (χ4v) is 4.87. The van der Waals surface area contributed by atoms with E-state index in [2.05, 4.69) is 15.6 Å². The first-order valence-electron chi connectivity index (χ1n) is 9.40. The van der Waals surface area contributed by atoms with Gasteiger partial charge >= 0.3 is 0 Å². The number of methoxy groups -OCH3 is 2. The highest BCUT2D eigenvalue weighted by atomic mass is 127. The number of halogens is 1.